The second kappa shape index (κ2) is 7.14. The SMILES string of the molecule is Cc1ncc(CO)c(/C=N/n2c(-c3ccccc3Cl)n[nH]c2=S)c1O. The highest BCUT2D eigenvalue weighted by Crippen LogP contribution is 2.26. The van der Waals surface area contributed by atoms with Crippen LogP contribution in [0.5, 0.6) is 5.75 Å². The second-order valence-corrected chi connectivity index (χ2v) is 5.97. The summed E-state index contributed by atoms with van der Waals surface area (Å²) in [5.41, 5.74) is 1.90. The van der Waals surface area contributed by atoms with Gasteiger partial charge in [0.1, 0.15) is 5.75 Å². The largest absolute Gasteiger partial charge is 0.505 e. The minimum atomic E-state index is -0.281. The number of aromatic amines is 1. The minimum Gasteiger partial charge on any atom is -0.505 e. The van der Waals surface area contributed by atoms with E-state index in [9.17, 15) is 10.2 Å². The Kier molecular flexibility index (Phi) is 4.93. The van der Waals surface area contributed by atoms with Crippen molar-refractivity contribution in [2.45, 2.75) is 13.5 Å². The molecule has 1 aromatic carbocycles. The third-order valence-electron chi connectivity index (χ3n) is 3.60. The van der Waals surface area contributed by atoms with Gasteiger partial charge in [0.25, 0.3) is 0 Å². The predicted molar refractivity (Wildman–Crippen MR) is 97.4 cm³/mol. The number of aromatic nitrogens is 4. The zero-order valence-electron chi connectivity index (χ0n) is 13.1. The van der Waals surface area contributed by atoms with E-state index in [1.165, 1.54) is 17.1 Å². The summed E-state index contributed by atoms with van der Waals surface area (Å²) >= 11 is 11.4. The molecule has 0 saturated carbocycles. The summed E-state index contributed by atoms with van der Waals surface area (Å²) in [6.07, 6.45) is 2.89. The molecule has 0 atom stereocenters. The molecule has 0 spiro atoms. The zero-order chi connectivity index (χ0) is 18.0. The summed E-state index contributed by atoms with van der Waals surface area (Å²) in [6, 6.07) is 7.18. The minimum absolute atomic E-state index is 0.0513. The fraction of sp³-hybridized carbons (Fsp3) is 0.125. The van der Waals surface area contributed by atoms with Crippen molar-refractivity contribution in [2.24, 2.45) is 5.10 Å². The van der Waals surface area contributed by atoms with Crippen LogP contribution in [0.3, 0.4) is 0 Å². The molecule has 9 heteroatoms. The van der Waals surface area contributed by atoms with Gasteiger partial charge in [0, 0.05) is 22.9 Å². The van der Waals surface area contributed by atoms with E-state index in [-0.39, 0.29) is 17.1 Å². The third kappa shape index (κ3) is 3.32. The molecular weight excluding hydrogens is 362 g/mol. The van der Waals surface area contributed by atoms with E-state index in [1.807, 2.05) is 12.1 Å². The molecule has 0 bridgehead atoms. The zero-order valence-corrected chi connectivity index (χ0v) is 14.7. The van der Waals surface area contributed by atoms with Crippen molar-refractivity contribution < 1.29 is 10.2 Å². The van der Waals surface area contributed by atoms with Gasteiger partial charge in [0.05, 0.1) is 23.5 Å². The topological polar surface area (TPSA) is 99.3 Å². The molecule has 0 unspecified atom stereocenters. The van der Waals surface area contributed by atoms with Gasteiger partial charge in [-0.05, 0) is 31.3 Å². The number of aromatic hydroxyl groups is 1. The van der Waals surface area contributed by atoms with Gasteiger partial charge in [0.15, 0.2) is 5.82 Å². The number of nitrogens with one attached hydrogen (secondary N) is 1. The molecule has 0 aliphatic heterocycles. The van der Waals surface area contributed by atoms with Crippen LogP contribution in [0.2, 0.25) is 5.02 Å². The van der Waals surface area contributed by atoms with Crippen molar-refractivity contribution in [2.75, 3.05) is 0 Å². The maximum atomic E-state index is 10.2. The smallest absolute Gasteiger partial charge is 0.216 e. The lowest BCUT2D eigenvalue weighted by Crippen LogP contribution is -2.00. The molecule has 0 radical (unpaired) electrons. The highest BCUT2D eigenvalue weighted by atomic mass is 35.5. The average molecular weight is 376 g/mol. The Morgan fingerprint density at radius 2 is 2.16 bits per heavy atom. The maximum Gasteiger partial charge on any atom is 0.216 e. The Balaban J connectivity index is 2.11. The van der Waals surface area contributed by atoms with Crippen LogP contribution in [0.1, 0.15) is 16.8 Å². The highest BCUT2D eigenvalue weighted by Gasteiger charge is 2.13. The summed E-state index contributed by atoms with van der Waals surface area (Å²) in [7, 11) is 0. The van der Waals surface area contributed by atoms with Crippen molar-refractivity contribution in [3.8, 4) is 17.1 Å². The number of aryl methyl sites for hydroxylation is 1. The van der Waals surface area contributed by atoms with Crippen LogP contribution in [-0.2, 0) is 6.61 Å². The van der Waals surface area contributed by atoms with Crippen molar-refractivity contribution in [3.05, 3.63) is 57.1 Å². The first-order chi connectivity index (χ1) is 12.0. The summed E-state index contributed by atoms with van der Waals surface area (Å²) < 4.78 is 1.66. The first-order valence-corrected chi connectivity index (χ1v) is 8.06. The number of aliphatic hydroxyl groups excluding tert-OH is 1. The van der Waals surface area contributed by atoms with Gasteiger partial charge in [-0.2, -0.15) is 14.9 Å². The maximum absolute atomic E-state index is 10.2. The van der Waals surface area contributed by atoms with E-state index in [1.54, 1.807) is 19.1 Å². The number of nitrogens with zero attached hydrogens (tertiary/aromatic N) is 4. The summed E-state index contributed by atoms with van der Waals surface area (Å²) in [4.78, 5) is 4.01. The molecule has 0 fully saturated rings. The number of hydrogen-bond donors (Lipinski definition) is 3. The Morgan fingerprint density at radius 1 is 1.40 bits per heavy atom. The number of aliphatic hydroxyl groups is 1. The number of pyridine rings is 1. The third-order valence-corrected chi connectivity index (χ3v) is 4.19. The molecule has 0 amide bonds. The Labute approximate surface area is 153 Å². The lowest BCUT2D eigenvalue weighted by atomic mass is 10.1. The van der Waals surface area contributed by atoms with Crippen LogP contribution in [0.4, 0.5) is 0 Å². The lowest BCUT2D eigenvalue weighted by molar-refractivity contribution is 0.280. The summed E-state index contributed by atoms with van der Waals surface area (Å²) in [6.45, 7) is 1.38. The molecule has 25 heavy (non-hydrogen) atoms. The molecule has 3 rings (SSSR count). The van der Waals surface area contributed by atoms with Crippen molar-refractivity contribution in [1.29, 1.82) is 0 Å². The van der Waals surface area contributed by atoms with Crippen LogP contribution in [0.25, 0.3) is 11.4 Å². The molecule has 0 saturated heterocycles. The molecule has 2 heterocycles. The fourth-order valence-corrected chi connectivity index (χ4v) is 2.65. The van der Waals surface area contributed by atoms with E-state index in [0.717, 1.165) is 0 Å². The van der Waals surface area contributed by atoms with Gasteiger partial charge in [-0.25, -0.2) is 5.10 Å². The molecule has 0 aliphatic rings. The monoisotopic (exact) mass is 375 g/mol. The van der Waals surface area contributed by atoms with Crippen LogP contribution in [0, 0.1) is 11.7 Å². The summed E-state index contributed by atoms with van der Waals surface area (Å²) in [5.74, 6) is 0.382. The van der Waals surface area contributed by atoms with E-state index < -0.39 is 0 Å². The first-order valence-electron chi connectivity index (χ1n) is 7.28. The van der Waals surface area contributed by atoms with Crippen molar-refractivity contribution in [1.82, 2.24) is 19.9 Å². The second-order valence-electron chi connectivity index (χ2n) is 5.18. The van der Waals surface area contributed by atoms with Gasteiger partial charge in [-0.15, -0.1) is 0 Å². The number of halogens is 1. The molecule has 7 nitrogen and oxygen atoms in total. The van der Waals surface area contributed by atoms with Gasteiger partial charge >= 0.3 is 0 Å². The standard InChI is InChI=1S/C16H14ClN5O2S/c1-9-14(24)12(10(8-23)6-18-9)7-19-22-15(20-21-16(22)25)11-4-2-3-5-13(11)17/h2-7,23-24H,8H2,1H3,(H,21,25)/b19-7+. The van der Waals surface area contributed by atoms with Gasteiger partial charge < -0.3 is 10.2 Å². The van der Waals surface area contributed by atoms with Crippen LogP contribution in [-0.4, -0.2) is 36.3 Å². The summed E-state index contributed by atoms with van der Waals surface area (Å²) in [5, 5.41) is 31.3. The number of rotatable bonds is 4. The molecular formula is C16H14ClN5O2S. The fourth-order valence-electron chi connectivity index (χ4n) is 2.25. The first kappa shape index (κ1) is 17.3. The molecule has 0 aliphatic carbocycles. The molecule has 3 N–H and O–H groups in total. The normalized spacial score (nSPS) is 11.3. The number of hydrogen-bond acceptors (Lipinski definition) is 6. The van der Waals surface area contributed by atoms with E-state index in [4.69, 9.17) is 23.8 Å². The van der Waals surface area contributed by atoms with Gasteiger partial charge in [0.2, 0.25) is 4.77 Å². The predicted octanol–water partition coefficient (Wildman–Crippen LogP) is 3.04. The van der Waals surface area contributed by atoms with Crippen LogP contribution in [0.15, 0.2) is 35.6 Å². The molecule has 2 aromatic heterocycles. The van der Waals surface area contributed by atoms with Crippen LogP contribution >= 0.6 is 23.8 Å². The van der Waals surface area contributed by atoms with Gasteiger partial charge in [-0.1, -0.05) is 23.7 Å². The Bertz CT molecular complexity index is 1010. The quantitative estimate of drug-likeness (QED) is 0.480. The van der Waals surface area contributed by atoms with E-state index in [0.29, 0.717) is 33.2 Å². The lowest BCUT2D eigenvalue weighted by Gasteiger charge is -2.07. The Hall–Kier alpha value is -2.55. The number of benzene rings is 1. The van der Waals surface area contributed by atoms with Crippen LogP contribution < -0.4 is 0 Å². The highest BCUT2D eigenvalue weighted by molar-refractivity contribution is 7.71. The Morgan fingerprint density at radius 3 is 2.88 bits per heavy atom. The number of H-pyrrole nitrogens is 1. The molecule has 128 valence electrons. The van der Waals surface area contributed by atoms with Crippen molar-refractivity contribution in [3.63, 3.8) is 0 Å². The molecule has 3 aromatic rings. The van der Waals surface area contributed by atoms with Crippen molar-refractivity contribution >= 4 is 30.0 Å². The van der Waals surface area contributed by atoms with E-state index in [2.05, 4.69) is 20.3 Å². The average Bonchev–Trinajstić information content (AvgIpc) is 2.97. The van der Waals surface area contributed by atoms with Gasteiger partial charge in [-0.3, -0.25) is 4.98 Å². The van der Waals surface area contributed by atoms with E-state index >= 15 is 0 Å².